The summed E-state index contributed by atoms with van der Waals surface area (Å²) in [7, 11) is 0. The Kier molecular flexibility index (Phi) is 4.35. The lowest BCUT2D eigenvalue weighted by Crippen LogP contribution is -2.34. The topological polar surface area (TPSA) is 59.0 Å². The van der Waals surface area contributed by atoms with Gasteiger partial charge in [-0.2, -0.15) is 5.26 Å². The molecule has 2 N–H and O–H groups in total. The predicted molar refractivity (Wildman–Crippen MR) is 106 cm³/mol. The summed E-state index contributed by atoms with van der Waals surface area (Å²) in [4.78, 5) is 0. The van der Waals surface area contributed by atoms with Crippen molar-refractivity contribution in [2.75, 3.05) is 0 Å². The molecule has 132 valence electrons. The second kappa shape index (κ2) is 6.83. The van der Waals surface area contributed by atoms with Crippen molar-refractivity contribution in [3.63, 3.8) is 0 Å². The molecule has 0 spiro atoms. The first-order chi connectivity index (χ1) is 13.2. The van der Waals surface area contributed by atoms with Crippen molar-refractivity contribution >= 4 is 11.6 Å². The molecule has 0 saturated carbocycles. The SMILES string of the molecule is N#CC1=C(N)OC(c2ccc(Cl)cc2)C1(c1ccccc1)c1ccccc1. The molecule has 0 aliphatic carbocycles. The fourth-order valence-electron chi connectivity index (χ4n) is 3.86. The van der Waals surface area contributed by atoms with E-state index < -0.39 is 11.5 Å². The van der Waals surface area contributed by atoms with Gasteiger partial charge in [-0.3, -0.25) is 0 Å². The van der Waals surface area contributed by atoms with E-state index in [4.69, 9.17) is 22.1 Å². The van der Waals surface area contributed by atoms with Crippen molar-refractivity contribution in [2.45, 2.75) is 11.5 Å². The summed E-state index contributed by atoms with van der Waals surface area (Å²) in [5.41, 5.74) is 8.59. The van der Waals surface area contributed by atoms with Gasteiger partial charge in [-0.15, -0.1) is 0 Å². The molecule has 1 aliphatic heterocycles. The van der Waals surface area contributed by atoms with Crippen LogP contribution in [0.25, 0.3) is 0 Å². The van der Waals surface area contributed by atoms with Crippen molar-refractivity contribution in [2.24, 2.45) is 5.73 Å². The molecule has 0 saturated heterocycles. The van der Waals surface area contributed by atoms with E-state index in [0.717, 1.165) is 16.7 Å². The Bertz CT molecular complexity index is 982. The number of hydrogen-bond donors (Lipinski definition) is 1. The normalized spacial score (nSPS) is 18.0. The maximum absolute atomic E-state index is 10.0. The summed E-state index contributed by atoms with van der Waals surface area (Å²) in [5, 5.41) is 10.7. The molecule has 0 radical (unpaired) electrons. The van der Waals surface area contributed by atoms with Gasteiger partial charge < -0.3 is 10.5 Å². The summed E-state index contributed by atoms with van der Waals surface area (Å²) < 4.78 is 6.11. The Hall–Kier alpha value is -3.22. The van der Waals surface area contributed by atoms with Crippen LogP contribution in [0.5, 0.6) is 0 Å². The van der Waals surface area contributed by atoms with Gasteiger partial charge in [-0.25, -0.2) is 0 Å². The summed E-state index contributed by atoms with van der Waals surface area (Å²) in [6, 6.07) is 29.6. The smallest absolute Gasteiger partial charge is 0.200 e. The maximum Gasteiger partial charge on any atom is 0.200 e. The van der Waals surface area contributed by atoms with E-state index >= 15 is 0 Å². The molecule has 27 heavy (non-hydrogen) atoms. The number of rotatable bonds is 3. The third-order valence-electron chi connectivity index (χ3n) is 5.02. The highest BCUT2D eigenvalue weighted by atomic mass is 35.5. The van der Waals surface area contributed by atoms with E-state index in [2.05, 4.69) is 6.07 Å². The van der Waals surface area contributed by atoms with Crippen LogP contribution in [0.15, 0.2) is 96.4 Å². The molecule has 1 unspecified atom stereocenters. The zero-order valence-electron chi connectivity index (χ0n) is 14.5. The number of nitriles is 1. The summed E-state index contributed by atoms with van der Waals surface area (Å²) in [5.74, 6) is 0.158. The zero-order chi connectivity index (χ0) is 18.9. The zero-order valence-corrected chi connectivity index (χ0v) is 15.2. The van der Waals surface area contributed by atoms with Gasteiger partial charge >= 0.3 is 0 Å². The molecule has 3 nitrogen and oxygen atoms in total. The van der Waals surface area contributed by atoms with E-state index in [9.17, 15) is 5.26 Å². The molecule has 3 aromatic carbocycles. The summed E-state index contributed by atoms with van der Waals surface area (Å²) in [6.45, 7) is 0. The van der Waals surface area contributed by atoms with Gasteiger partial charge in [0.05, 0.1) is 0 Å². The molecule has 0 bridgehead atoms. The van der Waals surface area contributed by atoms with Gasteiger partial charge in [0.1, 0.15) is 23.2 Å². The largest absolute Gasteiger partial charge is 0.469 e. The number of ether oxygens (including phenoxy) is 1. The van der Waals surface area contributed by atoms with Gasteiger partial charge in [-0.05, 0) is 28.8 Å². The molecule has 4 rings (SSSR count). The Morgan fingerprint density at radius 1 is 0.852 bits per heavy atom. The van der Waals surface area contributed by atoms with Gasteiger partial charge in [0.25, 0.3) is 0 Å². The van der Waals surface area contributed by atoms with Crippen molar-refractivity contribution in [1.82, 2.24) is 0 Å². The number of nitrogens with zero attached hydrogens (tertiary/aromatic N) is 1. The molecule has 0 fully saturated rings. The van der Waals surface area contributed by atoms with Gasteiger partial charge in [0, 0.05) is 5.02 Å². The van der Waals surface area contributed by atoms with E-state index in [0.29, 0.717) is 10.6 Å². The fourth-order valence-corrected chi connectivity index (χ4v) is 3.98. The molecular formula is C23H17ClN2O. The number of nitrogens with two attached hydrogens (primary N) is 1. The minimum atomic E-state index is -0.838. The van der Waals surface area contributed by atoms with E-state index in [1.54, 1.807) is 0 Å². The molecule has 0 aromatic heterocycles. The molecule has 0 amide bonds. The molecule has 4 heteroatoms. The highest BCUT2D eigenvalue weighted by Crippen LogP contribution is 2.55. The lowest BCUT2D eigenvalue weighted by Gasteiger charge is -2.35. The van der Waals surface area contributed by atoms with Crippen LogP contribution in [-0.4, -0.2) is 0 Å². The lowest BCUT2D eigenvalue weighted by molar-refractivity contribution is 0.107. The van der Waals surface area contributed by atoms with Crippen LogP contribution in [0.1, 0.15) is 22.8 Å². The van der Waals surface area contributed by atoms with Gasteiger partial charge in [-0.1, -0.05) is 84.4 Å². The average Bonchev–Trinajstić information content (AvgIpc) is 3.03. The third-order valence-corrected chi connectivity index (χ3v) is 5.27. The molecule has 1 aliphatic rings. The van der Waals surface area contributed by atoms with Crippen molar-refractivity contribution in [3.05, 3.63) is 118 Å². The highest BCUT2D eigenvalue weighted by Gasteiger charge is 2.54. The van der Waals surface area contributed by atoms with E-state index in [1.807, 2.05) is 84.9 Å². The Balaban J connectivity index is 2.05. The van der Waals surface area contributed by atoms with Gasteiger partial charge in [0.2, 0.25) is 0 Å². The van der Waals surface area contributed by atoms with Crippen molar-refractivity contribution in [3.8, 4) is 6.07 Å². The maximum atomic E-state index is 10.0. The minimum absolute atomic E-state index is 0.158. The Morgan fingerprint density at radius 3 is 1.85 bits per heavy atom. The van der Waals surface area contributed by atoms with Crippen molar-refractivity contribution in [1.29, 1.82) is 5.26 Å². The fraction of sp³-hybridized carbons (Fsp3) is 0.0870. The number of hydrogen-bond acceptors (Lipinski definition) is 3. The second-order valence-electron chi connectivity index (χ2n) is 6.44. The minimum Gasteiger partial charge on any atom is -0.469 e. The van der Waals surface area contributed by atoms with Crippen LogP contribution in [-0.2, 0) is 10.2 Å². The average molecular weight is 373 g/mol. The van der Waals surface area contributed by atoms with E-state index in [1.165, 1.54) is 0 Å². The molecule has 3 aromatic rings. The molecule has 1 heterocycles. The highest BCUT2D eigenvalue weighted by molar-refractivity contribution is 6.30. The van der Waals surface area contributed by atoms with Crippen LogP contribution >= 0.6 is 11.6 Å². The number of benzene rings is 3. The lowest BCUT2D eigenvalue weighted by atomic mass is 9.65. The van der Waals surface area contributed by atoms with Crippen molar-refractivity contribution < 1.29 is 4.74 Å². The predicted octanol–water partition coefficient (Wildman–Crippen LogP) is 5.09. The third kappa shape index (κ3) is 2.66. The Labute approximate surface area is 163 Å². The van der Waals surface area contributed by atoms with Crippen LogP contribution in [0.2, 0.25) is 5.02 Å². The monoisotopic (exact) mass is 372 g/mol. The van der Waals surface area contributed by atoms with E-state index in [-0.39, 0.29) is 5.88 Å². The van der Waals surface area contributed by atoms with Crippen LogP contribution in [0, 0.1) is 11.3 Å². The Morgan fingerprint density at radius 2 is 1.37 bits per heavy atom. The standard InChI is InChI=1S/C23H17ClN2O/c24-19-13-11-16(12-14-19)21-23(17-7-3-1-4-8-17,18-9-5-2-6-10-18)20(15-25)22(26)27-21/h1-14,21H,26H2. The first-order valence-electron chi connectivity index (χ1n) is 8.61. The van der Waals surface area contributed by atoms with Crippen LogP contribution in [0.3, 0.4) is 0 Å². The summed E-state index contributed by atoms with van der Waals surface area (Å²) in [6.07, 6.45) is -0.478. The first kappa shape index (κ1) is 17.2. The van der Waals surface area contributed by atoms with Crippen LogP contribution in [0.4, 0.5) is 0 Å². The van der Waals surface area contributed by atoms with Crippen LogP contribution < -0.4 is 5.73 Å². The quantitative estimate of drug-likeness (QED) is 0.696. The van der Waals surface area contributed by atoms with Gasteiger partial charge in [0.15, 0.2) is 5.88 Å². The number of halogens is 1. The summed E-state index contributed by atoms with van der Waals surface area (Å²) >= 11 is 6.08. The first-order valence-corrected chi connectivity index (χ1v) is 8.99. The second-order valence-corrected chi connectivity index (χ2v) is 6.88. The molecular weight excluding hydrogens is 356 g/mol. The molecule has 1 atom stereocenters.